The van der Waals surface area contributed by atoms with Crippen molar-refractivity contribution in [3.8, 4) is 17.2 Å². The fourth-order valence-corrected chi connectivity index (χ4v) is 5.28. The summed E-state index contributed by atoms with van der Waals surface area (Å²) in [5.74, 6) is 1.41. The Balaban J connectivity index is 1.33. The van der Waals surface area contributed by atoms with E-state index in [1.165, 1.54) is 0 Å². The van der Waals surface area contributed by atoms with Gasteiger partial charge in [0.15, 0.2) is 11.5 Å². The number of aromatic hydroxyl groups is 1. The molecule has 7 nitrogen and oxygen atoms in total. The Hall–Kier alpha value is -1.99. The van der Waals surface area contributed by atoms with E-state index in [1.54, 1.807) is 14.2 Å². The molecule has 166 valence electrons. The van der Waals surface area contributed by atoms with Gasteiger partial charge >= 0.3 is 0 Å². The highest BCUT2D eigenvalue weighted by Gasteiger charge is 2.59. The van der Waals surface area contributed by atoms with E-state index in [1.807, 2.05) is 30.9 Å². The third kappa shape index (κ3) is 4.10. The van der Waals surface area contributed by atoms with Gasteiger partial charge < -0.3 is 24.2 Å². The molecule has 0 radical (unpaired) electrons. The molecule has 1 spiro atoms. The zero-order chi connectivity index (χ0) is 21.5. The lowest BCUT2D eigenvalue weighted by Crippen LogP contribution is -2.49. The van der Waals surface area contributed by atoms with Crippen LogP contribution in [-0.4, -0.2) is 73.4 Å². The first kappa shape index (κ1) is 21.2. The minimum absolute atomic E-state index is 0.0347. The van der Waals surface area contributed by atoms with Gasteiger partial charge in [-0.05, 0) is 69.3 Å². The number of rotatable bonds is 5. The van der Waals surface area contributed by atoms with Gasteiger partial charge in [-0.1, -0.05) is 0 Å². The second-order valence-corrected chi connectivity index (χ2v) is 9.24. The Morgan fingerprint density at radius 2 is 1.70 bits per heavy atom. The van der Waals surface area contributed by atoms with Gasteiger partial charge in [-0.2, -0.15) is 0 Å². The minimum atomic E-state index is 0.0347. The average Bonchev–Trinajstić information content (AvgIpc) is 3.43. The smallest absolute Gasteiger partial charge is 0.226 e. The summed E-state index contributed by atoms with van der Waals surface area (Å²) < 4.78 is 16.3. The number of amides is 1. The molecule has 4 rings (SSSR count). The standard InChI is InChI=1S/C23H34N2O5/c1-15-12-25(13-16(2)30-15)22(27)18-11-23(18)5-7-24(8-6-23)14-17-9-19(28-3)21(26)20(10-17)29-4/h9-10,15-16,18,26H,5-8,11-14H2,1-4H3/t15-,16+,18-/m1/s1. The molecule has 0 unspecified atom stereocenters. The summed E-state index contributed by atoms with van der Waals surface area (Å²) in [5.41, 5.74) is 1.25. The van der Waals surface area contributed by atoms with Gasteiger partial charge in [0.1, 0.15) is 0 Å². The van der Waals surface area contributed by atoms with Crippen molar-refractivity contribution in [1.82, 2.24) is 9.80 Å². The van der Waals surface area contributed by atoms with E-state index in [-0.39, 0.29) is 29.3 Å². The molecule has 3 fully saturated rings. The van der Waals surface area contributed by atoms with Gasteiger partial charge in [0, 0.05) is 25.6 Å². The summed E-state index contributed by atoms with van der Waals surface area (Å²) in [4.78, 5) is 17.5. The number of carbonyl (C=O) groups is 1. The van der Waals surface area contributed by atoms with Crippen LogP contribution in [0, 0.1) is 11.3 Å². The zero-order valence-electron chi connectivity index (χ0n) is 18.5. The van der Waals surface area contributed by atoms with Crippen LogP contribution in [0.2, 0.25) is 0 Å². The first-order chi connectivity index (χ1) is 14.3. The van der Waals surface area contributed by atoms with Gasteiger partial charge in [-0.3, -0.25) is 9.69 Å². The molecule has 1 aliphatic carbocycles. The Bertz CT molecular complexity index is 755. The third-order valence-corrected chi connectivity index (χ3v) is 7.02. The molecule has 2 aliphatic heterocycles. The Morgan fingerprint density at radius 1 is 1.13 bits per heavy atom. The number of hydrogen-bond donors (Lipinski definition) is 1. The van der Waals surface area contributed by atoms with Crippen LogP contribution >= 0.6 is 0 Å². The first-order valence-corrected chi connectivity index (χ1v) is 11.0. The van der Waals surface area contributed by atoms with Crippen LogP contribution in [0.5, 0.6) is 17.2 Å². The lowest BCUT2D eigenvalue weighted by atomic mass is 9.90. The van der Waals surface area contributed by atoms with E-state index < -0.39 is 0 Å². The third-order valence-electron chi connectivity index (χ3n) is 7.02. The number of benzene rings is 1. The van der Waals surface area contributed by atoms with Crippen molar-refractivity contribution in [3.63, 3.8) is 0 Å². The van der Waals surface area contributed by atoms with E-state index in [4.69, 9.17) is 14.2 Å². The Morgan fingerprint density at radius 3 is 2.23 bits per heavy atom. The van der Waals surface area contributed by atoms with Crippen LogP contribution < -0.4 is 9.47 Å². The number of ether oxygens (including phenoxy) is 3. The molecule has 0 aromatic heterocycles. The van der Waals surface area contributed by atoms with Crippen molar-refractivity contribution in [2.75, 3.05) is 40.4 Å². The van der Waals surface area contributed by atoms with Crippen LogP contribution in [0.3, 0.4) is 0 Å². The number of likely N-dealkylation sites (tertiary alicyclic amines) is 1. The average molecular weight is 419 g/mol. The number of phenols is 1. The summed E-state index contributed by atoms with van der Waals surface area (Å²) in [6.45, 7) is 8.25. The van der Waals surface area contributed by atoms with E-state index >= 15 is 0 Å². The number of morpholine rings is 1. The van der Waals surface area contributed by atoms with Gasteiger partial charge in [-0.25, -0.2) is 0 Å². The number of methoxy groups -OCH3 is 2. The molecule has 0 bridgehead atoms. The van der Waals surface area contributed by atoms with Crippen molar-refractivity contribution in [3.05, 3.63) is 17.7 Å². The Labute approximate surface area is 178 Å². The summed E-state index contributed by atoms with van der Waals surface area (Å²) in [5, 5.41) is 10.1. The van der Waals surface area contributed by atoms with Crippen molar-refractivity contribution in [2.24, 2.45) is 11.3 Å². The molecule has 1 aromatic rings. The van der Waals surface area contributed by atoms with Crippen LogP contribution in [-0.2, 0) is 16.1 Å². The topological polar surface area (TPSA) is 71.5 Å². The molecule has 3 atom stereocenters. The predicted molar refractivity (Wildman–Crippen MR) is 113 cm³/mol. The number of piperidine rings is 1. The Kier molecular flexibility index (Phi) is 5.86. The van der Waals surface area contributed by atoms with Gasteiger partial charge in [0.05, 0.1) is 26.4 Å². The van der Waals surface area contributed by atoms with Crippen LogP contribution in [0.25, 0.3) is 0 Å². The van der Waals surface area contributed by atoms with E-state index in [2.05, 4.69) is 4.90 Å². The van der Waals surface area contributed by atoms with Crippen LogP contribution in [0.4, 0.5) is 0 Å². The number of carbonyl (C=O) groups excluding carboxylic acids is 1. The predicted octanol–water partition coefficient (Wildman–Crippen LogP) is 2.65. The van der Waals surface area contributed by atoms with Crippen molar-refractivity contribution in [1.29, 1.82) is 0 Å². The molecule has 30 heavy (non-hydrogen) atoms. The van der Waals surface area contributed by atoms with E-state index in [9.17, 15) is 9.90 Å². The van der Waals surface area contributed by atoms with Gasteiger partial charge in [0.25, 0.3) is 0 Å². The quantitative estimate of drug-likeness (QED) is 0.793. The van der Waals surface area contributed by atoms with Crippen LogP contribution in [0.1, 0.15) is 38.7 Å². The highest BCUT2D eigenvalue weighted by atomic mass is 16.5. The molecular formula is C23H34N2O5. The highest BCUT2D eigenvalue weighted by Crippen LogP contribution is 2.60. The van der Waals surface area contributed by atoms with E-state index in [0.29, 0.717) is 30.5 Å². The fraction of sp³-hybridized carbons (Fsp3) is 0.696. The molecule has 1 aromatic carbocycles. The van der Waals surface area contributed by atoms with Crippen molar-refractivity contribution < 1.29 is 24.1 Å². The minimum Gasteiger partial charge on any atom is -0.502 e. The SMILES string of the molecule is COc1cc(CN2CCC3(CC2)C[C@@H]3C(=O)N2C[C@@H](C)O[C@@H](C)C2)cc(OC)c1O. The maximum Gasteiger partial charge on any atom is 0.226 e. The monoisotopic (exact) mass is 418 g/mol. The number of nitrogens with zero attached hydrogens (tertiary/aromatic N) is 2. The number of hydrogen-bond acceptors (Lipinski definition) is 6. The molecule has 1 saturated carbocycles. The first-order valence-electron chi connectivity index (χ1n) is 11.0. The molecule has 1 amide bonds. The molecular weight excluding hydrogens is 384 g/mol. The second kappa shape index (κ2) is 8.27. The molecule has 2 heterocycles. The van der Waals surface area contributed by atoms with Crippen molar-refractivity contribution >= 4 is 5.91 Å². The lowest BCUT2D eigenvalue weighted by Gasteiger charge is -2.37. The molecule has 1 N–H and O–H groups in total. The van der Waals surface area contributed by atoms with E-state index in [0.717, 1.165) is 44.5 Å². The van der Waals surface area contributed by atoms with Gasteiger partial charge in [0.2, 0.25) is 11.7 Å². The normalized spacial score (nSPS) is 28.4. The van der Waals surface area contributed by atoms with Gasteiger partial charge in [-0.15, -0.1) is 0 Å². The molecule has 7 heteroatoms. The van der Waals surface area contributed by atoms with Crippen molar-refractivity contribution in [2.45, 2.75) is 51.9 Å². The zero-order valence-corrected chi connectivity index (χ0v) is 18.5. The summed E-state index contributed by atoms with van der Waals surface area (Å²) >= 11 is 0. The maximum absolute atomic E-state index is 13.1. The summed E-state index contributed by atoms with van der Waals surface area (Å²) in [6.07, 6.45) is 3.39. The molecule has 2 saturated heterocycles. The summed E-state index contributed by atoms with van der Waals surface area (Å²) in [6, 6.07) is 3.74. The highest BCUT2D eigenvalue weighted by molar-refractivity contribution is 5.83. The fourth-order valence-electron chi connectivity index (χ4n) is 5.28. The second-order valence-electron chi connectivity index (χ2n) is 9.24. The summed E-state index contributed by atoms with van der Waals surface area (Å²) in [7, 11) is 3.09. The van der Waals surface area contributed by atoms with Crippen LogP contribution in [0.15, 0.2) is 12.1 Å². The lowest BCUT2D eigenvalue weighted by molar-refractivity contribution is -0.145. The number of phenolic OH excluding ortho intramolecular Hbond substituents is 1. The largest absolute Gasteiger partial charge is 0.502 e. The molecule has 3 aliphatic rings. The maximum atomic E-state index is 13.1.